The first kappa shape index (κ1) is 12.4. The number of carbonyl (C=O) groups is 1. The number of nitrogens with one attached hydrogen (secondary N) is 1. The summed E-state index contributed by atoms with van der Waals surface area (Å²) in [7, 11) is 0. The fraction of sp³-hybridized carbons (Fsp3) is 0. The van der Waals surface area contributed by atoms with E-state index >= 15 is 0 Å². The first-order valence-corrected chi connectivity index (χ1v) is 3.39. The number of nitrogens with zero attached hydrogens (tertiary/aromatic N) is 1. The molecule has 0 fully saturated rings. The molecular formula is C8H7ClFN3O. The maximum atomic E-state index is 12.7. The molecule has 0 aliphatic heterocycles. The van der Waals surface area contributed by atoms with Crippen molar-refractivity contribution in [2.24, 2.45) is 5.84 Å². The highest BCUT2D eigenvalue weighted by molar-refractivity contribution is 5.94. The van der Waals surface area contributed by atoms with Crippen molar-refractivity contribution in [3.63, 3.8) is 0 Å². The fourth-order valence-electron chi connectivity index (χ4n) is 0.869. The predicted molar refractivity (Wildman–Crippen MR) is 50.0 cm³/mol. The monoisotopic (exact) mass is 215 g/mol. The Hall–Kier alpha value is -1.64. The lowest BCUT2D eigenvalue weighted by Gasteiger charge is -1.99. The van der Waals surface area contributed by atoms with Gasteiger partial charge in [-0.1, -0.05) is 0 Å². The molecule has 0 saturated heterocycles. The van der Waals surface area contributed by atoms with E-state index in [1.807, 2.05) is 5.43 Å². The number of hydrogen-bond acceptors (Lipinski definition) is 3. The van der Waals surface area contributed by atoms with Crippen LogP contribution in [0.4, 0.5) is 4.39 Å². The molecular weight excluding hydrogens is 209 g/mol. The van der Waals surface area contributed by atoms with E-state index in [0.717, 1.165) is 12.1 Å². The molecule has 0 aliphatic rings. The first-order chi connectivity index (χ1) is 6.17. The van der Waals surface area contributed by atoms with Gasteiger partial charge in [-0.2, -0.15) is 5.26 Å². The maximum Gasteiger partial charge on any atom is 0.265 e. The minimum Gasteiger partial charge on any atom is -0.290 e. The van der Waals surface area contributed by atoms with E-state index in [9.17, 15) is 9.18 Å². The summed E-state index contributed by atoms with van der Waals surface area (Å²) in [5.74, 6) is 3.57. The van der Waals surface area contributed by atoms with Gasteiger partial charge in [-0.05, 0) is 18.2 Å². The molecule has 0 atom stereocenters. The number of carbonyl (C=O) groups excluding carboxylic acids is 1. The molecule has 4 nitrogen and oxygen atoms in total. The number of nitrogens with two attached hydrogens (primary N) is 1. The summed E-state index contributed by atoms with van der Waals surface area (Å²) in [5, 5.41) is 8.46. The summed E-state index contributed by atoms with van der Waals surface area (Å²) < 4.78 is 12.7. The van der Waals surface area contributed by atoms with Gasteiger partial charge in [0.25, 0.3) is 5.91 Å². The molecule has 3 N–H and O–H groups in total. The van der Waals surface area contributed by atoms with Gasteiger partial charge in [-0.3, -0.25) is 10.2 Å². The molecule has 6 heteroatoms. The number of amides is 1. The summed E-state index contributed by atoms with van der Waals surface area (Å²) in [6, 6.07) is 5.02. The number of benzene rings is 1. The standard InChI is InChI=1S/C8H6FN3O.ClH/c9-7-2-5(4-10)1-6(3-7)8(13)12-11;/h1-3H,11H2,(H,12,13);1H. The van der Waals surface area contributed by atoms with Crippen LogP contribution in [-0.2, 0) is 0 Å². The summed E-state index contributed by atoms with van der Waals surface area (Å²) in [4.78, 5) is 10.9. The molecule has 0 radical (unpaired) electrons. The summed E-state index contributed by atoms with van der Waals surface area (Å²) in [5.41, 5.74) is 1.95. The molecule has 74 valence electrons. The van der Waals surface area contributed by atoms with Crippen molar-refractivity contribution in [1.82, 2.24) is 5.43 Å². The minimum absolute atomic E-state index is 0. The number of nitriles is 1. The summed E-state index contributed by atoms with van der Waals surface area (Å²) in [6.45, 7) is 0. The van der Waals surface area contributed by atoms with Crippen LogP contribution < -0.4 is 11.3 Å². The Kier molecular flexibility index (Phi) is 4.56. The summed E-state index contributed by atoms with van der Waals surface area (Å²) in [6.07, 6.45) is 0. The van der Waals surface area contributed by atoms with E-state index in [-0.39, 0.29) is 23.5 Å². The second-order valence-electron chi connectivity index (χ2n) is 2.31. The Morgan fingerprint density at radius 3 is 2.64 bits per heavy atom. The Labute approximate surface area is 85.9 Å². The predicted octanol–water partition coefficient (Wildman–Crippen LogP) is 0.723. The first-order valence-electron chi connectivity index (χ1n) is 3.39. The Morgan fingerprint density at radius 1 is 1.50 bits per heavy atom. The van der Waals surface area contributed by atoms with Crippen LogP contribution in [0.2, 0.25) is 0 Å². The Bertz CT molecular complexity index is 389. The van der Waals surface area contributed by atoms with Gasteiger partial charge in [0, 0.05) is 5.56 Å². The zero-order valence-corrected chi connectivity index (χ0v) is 7.77. The van der Waals surface area contributed by atoms with Gasteiger partial charge in [0.2, 0.25) is 0 Å². The largest absolute Gasteiger partial charge is 0.290 e. The zero-order chi connectivity index (χ0) is 9.84. The van der Waals surface area contributed by atoms with Gasteiger partial charge >= 0.3 is 0 Å². The second kappa shape index (κ2) is 5.17. The average Bonchev–Trinajstić information content (AvgIpc) is 2.15. The van der Waals surface area contributed by atoms with Crippen LogP contribution in [0.25, 0.3) is 0 Å². The lowest BCUT2D eigenvalue weighted by molar-refractivity contribution is 0.0953. The number of hydrazine groups is 1. The molecule has 0 unspecified atom stereocenters. The number of nitrogen functional groups attached to an aromatic ring is 1. The van der Waals surface area contributed by atoms with E-state index in [2.05, 4.69) is 0 Å². The average molecular weight is 216 g/mol. The van der Waals surface area contributed by atoms with Crippen molar-refractivity contribution in [3.05, 3.63) is 35.1 Å². The number of halogens is 2. The zero-order valence-electron chi connectivity index (χ0n) is 6.95. The van der Waals surface area contributed by atoms with Gasteiger partial charge in [-0.25, -0.2) is 10.2 Å². The van der Waals surface area contributed by atoms with Crippen molar-refractivity contribution >= 4 is 18.3 Å². The lowest BCUT2D eigenvalue weighted by Crippen LogP contribution is -2.30. The van der Waals surface area contributed by atoms with Crippen LogP contribution in [0.15, 0.2) is 18.2 Å². The number of hydrogen-bond donors (Lipinski definition) is 2. The lowest BCUT2D eigenvalue weighted by atomic mass is 10.1. The van der Waals surface area contributed by atoms with E-state index in [1.165, 1.54) is 6.07 Å². The highest BCUT2D eigenvalue weighted by Gasteiger charge is 2.06. The highest BCUT2D eigenvalue weighted by atomic mass is 35.5. The van der Waals surface area contributed by atoms with Crippen molar-refractivity contribution in [2.75, 3.05) is 0 Å². The molecule has 0 aromatic heterocycles. The van der Waals surface area contributed by atoms with Crippen molar-refractivity contribution in [2.45, 2.75) is 0 Å². The smallest absolute Gasteiger partial charge is 0.265 e. The molecule has 0 bridgehead atoms. The Balaban J connectivity index is 0.00000169. The van der Waals surface area contributed by atoms with E-state index in [0.29, 0.717) is 0 Å². The Morgan fingerprint density at radius 2 is 2.14 bits per heavy atom. The molecule has 1 aromatic carbocycles. The normalized spacial score (nSPS) is 8.36. The van der Waals surface area contributed by atoms with Crippen molar-refractivity contribution in [3.8, 4) is 6.07 Å². The number of rotatable bonds is 1. The highest BCUT2D eigenvalue weighted by Crippen LogP contribution is 2.07. The molecule has 1 aromatic rings. The van der Waals surface area contributed by atoms with Gasteiger partial charge in [0.1, 0.15) is 5.82 Å². The third-order valence-electron chi connectivity index (χ3n) is 1.42. The second-order valence-corrected chi connectivity index (χ2v) is 2.31. The van der Waals surface area contributed by atoms with Gasteiger partial charge in [-0.15, -0.1) is 12.4 Å². The van der Waals surface area contributed by atoms with Crippen LogP contribution in [0.1, 0.15) is 15.9 Å². The summed E-state index contributed by atoms with van der Waals surface area (Å²) >= 11 is 0. The van der Waals surface area contributed by atoms with Crippen molar-refractivity contribution < 1.29 is 9.18 Å². The molecule has 0 spiro atoms. The van der Waals surface area contributed by atoms with Gasteiger partial charge < -0.3 is 0 Å². The van der Waals surface area contributed by atoms with Gasteiger partial charge in [0.15, 0.2) is 0 Å². The molecule has 0 heterocycles. The molecule has 1 rings (SSSR count). The third-order valence-corrected chi connectivity index (χ3v) is 1.42. The maximum absolute atomic E-state index is 12.7. The fourth-order valence-corrected chi connectivity index (χ4v) is 0.869. The quantitative estimate of drug-likeness (QED) is 0.412. The topological polar surface area (TPSA) is 78.9 Å². The third kappa shape index (κ3) is 2.69. The van der Waals surface area contributed by atoms with Crippen LogP contribution in [0.5, 0.6) is 0 Å². The minimum atomic E-state index is -0.641. The molecule has 0 saturated carbocycles. The van der Waals surface area contributed by atoms with Crippen LogP contribution in [0.3, 0.4) is 0 Å². The molecule has 1 amide bonds. The van der Waals surface area contributed by atoms with Gasteiger partial charge in [0.05, 0.1) is 11.6 Å². The molecule has 0 aliphatic carbocycles. The van der Waals surface area contributed by atoms with Crippen LogP contribution in [-0.4, -0.2) is 5.91 Å². The molecule has 14 heavy (non-hydrogen) atoms. The van der Waals surface area contributed by atoms with E-state index in [4.69, 9.17) is 11.1 Å². The SMILES string of the molecule is Cl.N#Cc1cc(F)cc(C(=O)NN)c1. The van der Waals surface area contributed by atoms with Crippen molar-refractivity contribution in [1.29, 1.82) is 5.26 Å². The van der Waals surface area contributed by atoms with E-state index in [1.54, 1.807) is 6.07 Å². The van der Waals surface area contributed by atoms with Crippen LogP contribution in [0, 0.1) is 17.1 Å². The van der Waals surface area contributed by atoms with Crippen LogP contribution >= 0.6 is 12.4 Å². The van der Waals surface area contributed by atoms with E-state index < -0.39 is 11.7 Å².